The Morgan fingerprint density at radius 2 is 2.04 bits per heavy atom. The monoisotopic (exact) mass is 585 g/mol. The molecule has 0 saturated heterocycles. The third-order valence-electron chi connectivity index (χ3n) is 3.68. The molecule has 136 valence electrons. The molecule has 0 saturated carbocycles. The number of H-pyrrole nitrogens is 1. The number of fused-ring (bicyclic) bond motifs is 1. The zero-order valence-corrected chi connectivity index (χ0v) is 18.4. The van der Waals surface area contributed by atoms with Gasteiger partial charge in [-0.2, -0.15) is 5.26 Å². The number of ether oxygens (including phenoxy) is 1. The summed E-state index contributed by atoms with van der Waals surface area (Å²) in [5.74, 6) is 0.000233. The zero-order chi connectivity index (χ0) is 19.6. The maximum Gasteiger partial charge on any atom is 0.341 e. The van der Waals surface area contributed by atoms with E-state index in [0.29, 0.717) is 17.1 Å². The largest absolute Gasteiger partial charge is 0.480 e. The van der Waals surface area contributed by atoms with Gasteiger partial charge in [-0.1, -0.05) is 6.07 Å². The smallest absolute Gasteiger partial charge is 0.341 e. The molecule has 2 N–H and O–H groups in total. The molecule has 3 aromatic rings. The molecule has 27 heavy (non-hydrogen) atoms. The number of rotatable bonds is 5. The van der Waals surface area contributed by atoms with Gasteiger partial charge in [0, 0.05) is 0 Å². The van der Waals surface area contributed by atoms with Crippen LogP contribution < -0.4 is 4.74 Å². The van der Waals surface area contributed by atoms with E-state index in [-0.39, 0.29) is 0 Å². The van der Waals surface area contributed by atoms with Crippen molar-refractivity contribution in [3.05, 3.63) is 54.4 Å². The van der Waals surface area contributed by atoms with E-state index in [4.69, 9.17) is 9.84 Å². The number of aromatic nitrogens is 2. The van der Waals surface area contributed by atoms with Crippen molar-refractivity contribution in [2.24, 2.45) is 0 Å². The number of nitriles is 1. The highest BCUT2D eigenvalue weighted by molar-refractivity contribution is 14.1. The molecule has 1 heterocycles. The molecule has 0 amide bonds. The van der Waals surface area contributed by atoms with Gasteiger partial charge >= 0.3 is 5.97 Å². The molecule has 3 rings (SSSR count). The van der Waals surface area contributed by atoms with Crippen molar-refractivity contribution in [2.75, 3.05) is 6.61 Å². The Labute approximate surface area is 182 Å². The first kappa shape index (κ1) is 19.6. The first-order valence-corrected chi connectivity index (χ1v) is 9.95. The Bertz CT molecular complexity index is 1090. The number of hydrogen-bond donors (Lipinski definition) is 2. The third-order valence-corrected chi connectivity index (χ3v) is 5.29. The lowest BCUT2D eigenvalue weighted by Gasteiger charge is -2.09. The van der Waals surface area contributed by atoms with Crippen molar-refractivity contribution in [3.63, 3.8) is 0 Å². The molecule has 0 unspecified atom stereocenters. The number of nitrogens with one attached hydrogen (secondary N) is 1. The first-order chi connectivity index (χ1) is 12.9. The lowest BCUT2D eigenvalue weighted by molar-refractivity contribution is -0.139. The summed E-state index contributed by atoms with van der Waals surface area (Å²) in [5.41, 5.74) is 4.02. The number of carboxylic acids is 1. The van der Waals surface area contributed by atoms with Crippen LogP contribution in [0.5, 0.6) is 5.75 Å². The quantitative estimate of drug-likeness (QED) is 0.337. The number of allylic oxidation sites excluding steroid dienone is 1. The van der Waals surface area contributed by atoms with Crippen LogP contribution in [-0.4, -0.2) is 27.7 Å². The van der Waals surface area contributed by atoms with Crippen LogP contribution in [0.25, 0.3) is 22.7 Å². The van der Waals surface area contributed by atoms with Crippen molar-refractivity contribution in [2.45, 2.75) is 6.92 Å². The van der Waals surface area contributed by atoms with Crippen LogP contribution in [0.15, 0.2) is 30.3 Å². The molecule has 0 spiro atoms. The molecule has 2 aromatic carbocycles. The number of aliphatic carboxylic acids is 1. The fourth-order valence-corrected chi connectivity index (χ4v) is 4.63. The second kappa shape index (κ2) is 8.26. The average Bonchev–Trinajstić information content (AvgIpc) is 3.01. The molecule has 0 atom stereocenters. The average molecular weight is 585 g/mol. The van der Waals surface area contributed by atoms with Crippen LogP contribution in [0, 0.1) is 25.4 Å². The summed E-state index contributed by atoms with van der Waals surface area (Å²) in [4.78, 5) is 18.4. The summed E-state index contributed by atoms with van der Waals surface area (Å²) in [6.07, 6.45) is 1.75. The summed E-state index contributed by atoms with van der Waals surface area (Å²) >= 11 is 4.18. The Morgan fingerprint density at radius 1 is 1.33 bits per heavy atom. The van der Waals surface area contributed by atoms with Gasteiger partial charge in [0.1, 0.15) is 17.6 Å². The van der Waals surface area contributed by atoms with Gasteiger partial charge in [-0.25, -0.2) is 9.78 Å². The van der Waals surface area contributed by atoms with E-state index >= 15 is 0 Å². The Morgan fingerprint density at radius 3 is 2.67 bits per heavy atom. The van der Waals surface area contributed by atoms with Gasteiger partial charge in [0.15, 0.2) is 6.61 Å². The predicted octanol–water partition coefficient (Wildman–Crippen LogP) is 4.61. The first-order valence-electron chi connectivity index (χ1n) is 7.79. The van der Waals surface area contributed by atoms with Crippen molar-refractivity contribution < 1.29 is 14.6 Å². The van der Waals surface area contributed by atoms with E-state index in [0.717, 1.165) is 29.3 Å². The third kappa shape index (κ3) is 4.59. The SMILES string of the molecule is Cc1ccc2nc(C(C#N)=Cc3cc(I)c(OCC(=O)O)c(I)c3)[nH]c2c1. The molecule has 6 nitrogen and oxygen atoms in total. The number of aromatic amines is 1. The summed E-state index contributed by atoms with van der Waals surface area (Å²) in [6, 6.07) is 11.7. The van der Waals surface area contributed by atoms with Crippen LogP contribution >= 0.6 is 45.2 Å². The van der Waals surface area contributed by atoms with E-state index in [1.54, 1.807) is 6.08 Å². The Hall–Kier alpha value is -2.13. The molecule has 0 aliphatic rings. The van der Waals surface area contributed by atoms with Gasteiger partial charge in [-0.15, -0.1) is 0 Å². The minimum absolute atomic E-state index is 0.400. The van der Waals surface area contributed by atoms with E-state index in [2.05, 4.69) is 61.2 Å². The van der Waals surface area contributed by atoms with Crippen LogP contribution in [0.2, 0.25) is 0 Å². The Balaban J connectivity index is 1.97. The van der Waals surface area contributed by atoms with Crippen molar-refractivity contribution in [1.29, 1.82) is 5.26 Å². The standard InChI is InChI=1S/C19H13I2N3O3/c1-10-2-3-15-16(4-10)24-19(23-15)12(8-22)5-11-6-13(20)18(14(21)7-11)27-9-17(25)26/h2-7H,9H2,1H3,(H,23,24)(H,25,26). The second-order valence-electron chi connectivity index (χ2n) is 5.77. The van der Waals surface area contributed by atoms with Crippen molar-refractivity contribution in [1.82, 2.24) is 9.97 Å². The number of nitrogens with zero attached hydrogens (tertiary/aromatic N) is 2. The number of imidazole rings is 1. The van der Waals surface area contributed by atoms with Gasteiger partial charge in [-0.05, 0) is 93.6 Å². The van der Waals surface area contributed by atoms with Gasteiger partial charge in [-0.3, -0.25) is 0 Å². The van der Waals surface area contributed by atoms with E-state index < -0.39 is 12.6 Å². The van der Waals surface area contributed by atoms with E-state index in [9.17, 15) is 10.1 Å². The van der Waals surface area contributed by atoms with Crippen molar-refractivity contribution in [3.8, 4) is 11.8 Å². The number of carboxylic acid groups (broad SMARTS) is 1. The van der Waals surface area contributed by atoms with Crippen LogP contribution in [0.3, 0.4) is 0 Å². The summed E-state index contributed by atoms with van der Waals surface area (Å²) < 4.78 is 6.87. The molecule has 8 heteroatoms. The van der Waals surface area contributed by atoms with Gasteiger partial charge in [0.05, 0.1) is 23.7 Å². The number of hydrogen-bond acceptors (Lipinski definition) is 4. The highest BCUT2D eigenvalue weighted by Crippen LogP contribution is 2.30. The fraction of sp³-hybridized carbons (Fsp3) is 0.105. The van der Waals surface area contributed by atoms with Crippen LogP contribution in [0.4, 0.5) is 0 Å². The minimum Gasteiger partial charge on any atom is -0.480 e. The molecule has 0 bridgehead atoms. The lowest BCUT2D eigenvalue weighted by atomic mass is 10.1. The maximum absolute atomic E-state index is 10.7. The number of halogens is 2. The number of carbonyl (C=O) groups is 1. The fourth-order valence-electron chi connectivity index (χ4n) is 2.51. The molecule has 0 radical (unpaired) electrons. The van der Waals surface area contributed by atoms with Crippen molar-refractivity contribution >= 4 is 73.8 Å². The molecule has 0 aliphatic carbocycles. The number of benzene rings is 2. The highest BCUT2D eigenvalue weighted by atomic mass is 127. The summed E-state index contributed by atoms with van der Waals surface area (Å²) in [7, 11) is 0. The predicted molar refractivity (Wildman–Crippen MR) is 119 cm³/mol. The van der Waals surface area contributed by atoms with Gasteiger partial charge in [0.2, 0.25) is 0 Å². The summed E-state index contributed by atoms with van der Waals surface area (Å²) in [5, 5.41) is 18.4. The second-order valence-corrected chi connectivity index (χ2v) is 8.10. The Kier molecular flexibility index (Phi) is 6.01. The maximum atomic E-state index is 10.7. The van der Waals surface area contributed by atoms with E-state index in [1.807, 2.05) is 37.3 Å². The highest BCUT2D eigenvalue weighted by Gasteiger charge is 2.12. The van der Waals surface area contributed by atoms with Crippen LogP contribution in [0.1, 0.15) is 17.0 Å². The minimum atomic E-state index is -1.03. The zero-order valence-electron chi connectivity index (χ0n) is 14.1. The lowest BCUT2D eigenvalue weighted by Crippen LogP contribution is -2.11. The van der Waals surface area contributed by atoms with Crippen LogP contribution in [-0.2, 0) is 4.79 Å². The number of aryl methyl sites for hydroxylation is 1. The molecular formula is C19H13I2N3O3. The molecule has 1 aromatic heterocycles. The molecular weight excluding hydrogens is 572 g/mol. The topological polar surface area (TPSA) is 99.0 Å². The van der Waals surface area contributed by atoms with Gasteiger partial charge in [0.25, 0.3) is 0 Å². The molecule has 0 aliphatic heterocycles. The van der Waals surface area contributed by atoms with Gasteiger partial charge < -0.3 is 14.8 Å². The van der Waals surface area contributed by atoms with E-state index in [1.165, 1.54) is 0 Å². The normalized spacial score (nSPS) is 11.4. The summed E-state index contributed by atoms with van der Waals surface area (Å²) in [6.45, 7) is 1.60. The molecule has 0 fully saturated rings.